The van der Waals surface area contributed by atoms with Gasteiger partial charge in [0.05, 0.1) is 0 Å². The van der Waals surface area contributed by atoms with Crippen LogP contribution in [0.3, 0.4) is 0 Å². The molecule has 0 saturated heterocycles. The Morgan fingerprint density at radius 1 is 1.17 bits per heavy atom. The van der Waals surface area contributed by atoms with Crippen molar-refractivity contribution >= 4 is 11.6 Å². The van der Waals surface area contributed by atoms with Crippen molar-refractivity contribution in [2.75, 3.05) is 0 Å². The van der Waals surface area contributed by atoms with Crippen LogP contribution in [0.5, 0.6) is 0 Å². The highest BCUT2D eigenvalue weighted by Gasteiger charge is 2.17. The molecule has 0 aromatic heterocycles. The van der Waals surface area contributed by atoms with Gasteiger partial charge in [-0.2, -0.15) is 0 Å². The third-order valence-electron chi connectivity index (χ3n) is 3.91. The summed E-state index contributed by atoms with van der Waals surface area (Å²) in [6.07, 6.45) is 10.00. The largest absolute Gasteiger partial charge is 0.207 e. The van der Waals surface area contributed by atoms with Crippen molar-refractivity contribution in [3.63, 3.8) is 0 Å². The molecular weight excluding hydrogens is 247 g/mol. The first-order valence-electron chi connectivity index (χ1n) is 7.12. The Morgan fingerprint density at radius 2 is 1.89 bits per heavy atom. The molecule has 100 valence electrons. The topological polar surface area (TPSA) is 0 Å². The molecule has 0 aliphatic heterocycles. The van der Waals surface area contributed by atoms with Crippen LogP contribution in [0.25, 0.3) is 0 Å². The molecule has 1 fully saturated rings. The van der Waals surface area contributed by atoms with Crippen molar-refractivity contribution < 1.29 is 4.39 Å². The fourth-order valence-corrected chi connectivity index (χ4v) is 3.39. The van der Waals surface area contributed by atoms with E-state index in [9.17, 15) is 4.39 Å². The SMILES string of the molecule is Fc1cccc(CC(Cl)CC2CCCCCC2)c1. The van der Waals surface area contributed by atoms with Gasteiger partial charge < -0.3 is 0 Å². The summed E-state index contributed by atoms with van der Waals surface area (Å²) in [5.74, 6) is 0.620. The maximum atomic E-state index is 13.1. The summed E-state index contributed by atoms with van der Waals surface area (Å²) in [6.45, 7) is 0. The van der Waals surface area contributed by atoms with Crippen LogP contribution in [-0.2, 0) is 6.42 Å². The highest BCUT2D eigenvalue weighted by molar-refractivity contribution is 6.20. The summed E-state index contributed by atoms with van der Waals surface area (Å²) < 4.78 is 13.1. The molecule has 1 aliphatic rings. The molecule has 2 rings (SSSR count). The zero-order chi connectivity index (χ0) is 12.8. The molecule has 2 heteroatoms. The highest BCUT2D eigenvalue weighted by Crippen LogP contribution is 2.28. The molecule has 1 aliphatic carbocycles. The Kier molecular flexibility index (Phi) is 5.49. The Balaban J connectivity index is 1.82. The lowest BCUT2D eigenvalue weighted by Gasteiger charge is -2.18. The summed E-state index contributed by atoms with van der Waals surface area (Å²) in [5, 5.41) is 0.148. The second kappa shape index (κ2) is 7.13. The molecular formula is C16H22ClF. The van der Waals surface area contributed by atoms with E-state index in [2.05, 4.69) is 0 Å². The van der Waals surface area contributed by atoms with Gasteiger partial charge in [0.15, 0.2) is 0 Å². The lowest BCUT2D eigenvalue weighted by Crippen LogP contribution is -2.11. The van der Waals surface area contributed by atoms with Crippen molar-refractivity contribution in [1.29, 1.82) is 0 Å². The normalized spacial score (nSPS) is 19.4. The van der Waals surface area contributed by atoms with Gasteiger partial charge in [0.2, 0.25) is 0 Å². The van der Waals surface area contributed by atoms with Crippen molar-refractivity contribution in [2.45, 2.75) is 56.7 Å². The van der Waals surface area contributed by atoms with E-state index < -0.39 is 0 Å². The second-order valence-electron chi connectivity index (χ2n) is 5.52. The Hall–Kier alpha value is -0.560. The van der Waals surface area contributed by atoms with Crippen LogP contribution in [0.15, 0.2) is 24.3 Å². The van der Waals surface area contributed by atoms with Gasteiger partial charge in [-0.3, -0.25) is 0 Å². The van der Waals surface area contributed by atoms with Gasteiger partial charge in [0.25, 0.3) is 0 Å². The quantitative estimate of drug-likeness (QED) is 0.511. The molecule has 0 radical (unpaired) electrons. The minimum Gasteiger partial charge on any atom is -0.207 e. The number of hydrogen-bond acceptors (Lipinski definition) is 0. The fraction of sp³-hybridized carbons (Fsp3) is 0.625. The minimum atomic E-state index is -0.161. The number of benzene rings is 1. The third-order valence-corrected chi connectivity index (χ3v) is 4.24. The van der Waals surface area contributed by atoms with Gasteiger partial charge >= 0.3 is 0 Å². The Labute approximate surface area is 115 Å². The van der Waals surface area contributed by atoms with E-state index in [0.717, 1.165) is 24.3 Å². The van der Waals surface area contributed by atoms with Gasteiger partial charge in [0, 0.05) is 5.38 Å². The van der Waals surface area contributed by atoms with E-state index in [1.54, 1.807) is 12.1 Å². The summed E-state index contributed by atoms with van der Waals surface area (Å²) in [5.41, 5.74) is 1.02. The van der Waals surface area contributed by atoms with Crippen LogP contribution in [0.1, 0.15) is 50.5 Å². The molecule has 1 aromatic carbocycles. The van der Waals surface area contributed by atoms with E-state index in [4.69, 9.17) is 11.6 Å². The zero-order valence-electron chi connectivity index (χ0n) is 10.9. The predicted octanol–water partition coefficient (Wildman–Crippen LogP) is 5.34. The standard InChI is InChI=1S/C16H22ClF/c17-15(10-13-6-3-1-2-4-7-13)11-14-8-5-9-16(18)12-14/h5,8-9,12-13,15H,1-4,6-7,10-11H2. The lowest BCUT2D eigenvalue weighted by atomic mass is 9.93. The monoisotopic (exact) mass is 268 g/mol. The van der Waals surface area contributed by atoms with E-state index >= 15 is 0 Å². The Morgan fingerprint density at radius 3 is 2.56 bits per heavy atom. The Bertz CT molecular complexity index is 356. The number of halogens is 2. The van der Waals surface area contributed by atoms with Crippen LogP contribution in [0, 0.1) is 11.7 Å². The van der Waals surface area contributed by atoms with Crippen molar-refractivity contribution in [3.05, 3.63) is 35.6 Å². The smallest absolute Gasteiger partial charge is 0.123 e. The number of alkyl halides is 1. The highest BCUT2D eigenvalue weighted by atomic mass is 35.5. The maximum absolute atomic E-state index is 13.1. The van der Waals surface area contributed by atoms with Gasteiger partial charge in [-0.15, -0.1) is 11.6 Å². The zero-order valence-corrected chi connectivity index (χ0v) is 11.6. The molecule has 0 bridgehead atoms. The summed E-state index contributed by atoms with van der Waals surface area (Å²) in [7, 11) is 0. The predicted molar refractivity (Wildman–Crippen MR) is 75.6 cm³/mol. The van der Waals surface area contributed by atoms with Crippen LogP contribution in [0.2, 0.25) is 0 Å². The second-order valence-corrected chi connectivity index (χ2v) is 6.14. The third kappa shape index (κ3) is 4.61. The molecule has 0 heterocycles. The van der Waals surface area contributed by atoms with Gasteiger partial charge in [-0.05, 0) is 36.5 Å². The summed E-state index contributed by atoms with van der Waals surface area (Å²) in [4.78, 5) is 0. The molecule has 0 nitrogen and oxygen atoms in total. The van der Waals surface area contributed by atoms with Crippen LogP contribution in [0.4, 0.5) is 4.39 Å². The average Bonchev–Trinajstić information content (AvgIpc) is 2.57. The first kappa shape index (κ1) is 13.9. The molecule has 1 aromatic rings. The van der Waals surface area contributed by atoms with Crippen molar-refractivity contribution in [2.24, 2.45) is 5.92 Å². The first-order valence-corrected chi connectivity index (χ1v) is 7.56. The fourth-order valence-electron chi connectivity index (χ4n) is 2.96. The van der Waals surface area contributed by atoms with Crippen molar-refractivity contribution in [3.8, 4) is 0 Å². The van der Waals surface area contributed by atoms with E-state index in [1.807, 2.05) is 6.07 Å². The van der Waals surface area contributed by atoms with E-state index in [-0.39, 0.29) is 11.2 Å². The summed E-state index contributed by atoms with van der Waals surface area (Å²) >= 11 is 6.43. The van der Waals surface area contributed by atoms with Crippen molar-refractivity contribution in [1.82, 2.24) is 0 Å². The molecule has 1 atom stereocenters. The van der Waals surface area contributed by atoms with E-state index in [0.29, 0.717) is 0 Å². The molecule has 1 saturated carbocycles. The van der Waals surface area contributed by atoms with Gasteiger partial charge in [-0.25, -0.2) is 4.39 Å². The van der Waals surface area contributed by atoms with Crippen LogP contribution < -0.4 is 0 Å². The minimum absolute atomic E-state index is 0.148. The number of hydrogen-bond donors (Lipinski definition) is 0. The van der Waals surface area contributed by atoms with Gasteiger partial charge in [0.1, 0.15) is 5.82 Å². The lowest BCUT2D eigenvalue weighted by molar-refractivity contribution is 0.419. The number of rotatable bonds is 4. The van der Waals surface area contributed by atoms with E-state index in [1.165, 1.54) is 44.6 Å². The van der Waals surface area contributed by atoms with Crippen LogP contribution in [-0.4, -0.2) is 5.38 Å². The summed E-state index contributed by atoms with van der Waals surface area (Å²) in [6, 6.07) is 6.81. The molecule has 18 heavy (non-hydrogen) atoms. The average molecular weight is 269 g/mol. The molecule has 0 N–H and O–H groups in total. The van der Waals surface area contributed by atoms with Gasteiger partial charge in [-0.1, -0.05) is 50.7 Å². The molecule has 0 spiro atoms. The van der Waals surface area contributed by atoms with Crippen LogP contribution >= 0.6 is 11.6 Å². The molecule has 0 amide bonds. The maximum Gasteiger partial charge on any atom is 0.123 e. The molecule has 1 unspecified atom stereocenters. The first-order chi connectivity index (χ1) is 8.74.